The van der Waals surface area contributed by atoms with Gasteiger partial charge in [-0.2, -0.15) is 0 Å². The second-order valence-electron chi connectivity index (χ2n) is 13.3. The first-order chi connectivity index (χ1) is 24.7. The van der Waals surface area contributed by atoms with Gasteiger partial charge in [0.15, 0.2) is 22.4 Å². The molecule has 278 valence electrons. The lowest BCUT2D eigenvalue weighted by Crippen LogP contribution is -2.64. The predicted molar refractivity (Wildman–Crippen MR) is 185 cm³/mol. The molecule has 3 saturated heterocycles. The molecule has 6 rings (SSSR count). The Balaban J connectivity index is 1.15. The van der Waals surface area contributed by atoms with E-state index in [4.69, 9.17) is 10.6 Å². The highest BCUT2D eigenvalue weighted by molar-refractivity contribution is 8.00. The van der Waals surface area contributed by atoms with E-state index in [0.717, 1.165) is 36.4 Å². The number of piperidine rings is 1. The number of thiazole rings is 1. The van der Waals surface area contributed by atoms with Crippen molar-refractivity contribution in [3.63, 3.8) is 0 Å². The zero-order chi connectivity index (χ0) is 37.5. The van der Waals surface area contributed by atoms with Crippen molar-refractivity contribution < 1.29 is 48.6 Å². The quantitative estimate of drug-likeness (QED) is 0.0567. The number of fused-ring (bicyclic) bond motifs is 3. The van der Waals surface area contributed by atoms with Gasteiger partial charge in [0.05, 0.1) is 30.4 Å². The van der Waals surface area contributed by atoms with Gasteiger partial charge in [0.1, 0.15) is 23.6 Å². The first-order valence-corrected chi connectivity index (χ1v) is 18.2. The number of nitrogens with zero attached hydrogens (tertiary/aromatic N) is 4. The van der Waals surface area contributed by atoms with Crippen LogP contribution in [0.25, 0.3) is 0 Å². The van der Waals surface area contributed by atoms with Crippen LogP contribution in [0, 0.1) is 11.1 Å². The lowest BCUT2D eigenvalue weighted by molar-refractivity contribution is -0.944. The molecule has 2 aromatic rings. The standard InChI is InChI=1S/C31H36N8O11S2/c1-39(15-2-3-16(39)5-14(4-15)35-26(43)18-7-20(40)22(42)8-33-18)10-13-11-51-28-17(27(44)38(28)25(13)30(47)48)6-21(41)24(19-12-52-31(32)36-19)37-50-23(9-34-49)29(45)46/h7-8,12,14-17,23,28,34,42H,2-6,9-11H2,1H3,(H2,32,36)(H,33,40)(H,35,43)(H,45,46)(H,47,48)/b37-24-/t14?,15-,16+,17-,23+,28-,39?/m1/s1. The van der Waals surface area contributed by atoms with Crippen LogP contribution in [0.3, 0.4) is 0 Å². The Morgan fingerprint density at radius 2 is 1.94 bits per heavy atom. The largest absolute Gasteiger partial charge is 0.788 e. The van der Waals surface area contributed by atoms with Crippen LogP contribution in [0.2, 0.25) is 0 Å². The summed E-state index contributed by atoms with van der Waals surface area (Å²) < 4.78 is 0.541. The number of hydroxylamine groups is 1. The van der Waals surface area contributed by atoms with Crippen LogP contribution < -0.4 is 22.0 Å². The zero-order valence-electron chi connectivity index (χ0n) is 27.6. The Kier molecular flexibility index (Phi) is 10.4. The van der Waals surface area contributed by atoms with Gasteiger partial charge >= 0.3 is 11.9 Å². The van der Waals surface area contributed by atoms with E-state index in [-0.39, 0.29) is 40.3 Å². The van der Waals surface area contributed by atoms with Crippen molar-refractivity contribution >= 4 is 63.5 Å². The summed E-state index contributed by atoms with van der Waals surface area (Å²) in [6.45, 7) is -0.278. The summed E-state index contributed by atoms with van der Waals surface area (Å²) in [6, 6.07) is 1.05. The van der Waals surface area contributed by atoms with Crippen LogP contribution in [-0.2, 0) is 24.0 Å². The number of amides is 2. The summed E-state index contributed by atoms with van der Waals surface area (Å²) in [5.41, 5.74) is 6.59. The lowest BCUT2D eigenvalue weighted by atomic mass is 9.88. The second kappa shape index (κ2) is 14.7. The number of hydrogen-bond acceptors (Lipinski definition) is 15. The van der Waals surface area contributed by atoms with Gasteiger partial charge in [0, 0.05) is 73.7 Å². The number of nitrogen functional groups attached to an aromatic ring is 1. The first-order valence-electron chi connectivity index (χ1n) is 16.2. The van der Waals surface area contributed by atoms with Gasteiger partial charge in [-0.1, -0.05) is 5.16 Å². The highest BCUT2D eigenvalue weighted by atomic mass is 32.2. The minimum Gasteiger partial charge on any atom is -0.788 e. The molecule has 0 aliphatic carbocycles. The van der Waals surface area contributed by atoms with Gasteiger partial charge in [-0.15, -0.1) is 23.1 Å². The van der Waals surface area contributed by atoms with Gasteiger partial charge in [-0.05, 0) is 0 Å². The molecule has 19 nitrogen and oxygen atoms in total. The molecule has 2 bridgehead atoms. The van der Waals surface area contributed by atoms with Crippen LogP contribution in [0.1, 0.15) is 48.3 Å². The summed E-state index contributed by atoms with van der Waals surface area (Å²) in [6.07, 6.45) is 1.93. The first kappa shape index (κ1) is 36.9. The number of thioether (sulfide) groups is 1. The summed E-state index contributed by atoms with van der Waals surface area (Å²) in [7, 11) is 2.07. The number of likely N-dealkylation sites (N-methyl/N-ethyl adjacent to an activating group) is 1. The monoisotopic (exact) mass is 760 g/mol. The highest BCUT2D eigenvalue weighted by Gasteiger charge is 2.57. The minimum absolute atomic E-state index is 0.00901. The third-order valence-electron chi connectivity index (χ3n) is 10.2. The molecule has 7 atom stereocenters. The molecular formula is C31H36N8O11S2. The van der Waals surface area contributed by atoms with E-state index < -0.39 is 76.8 Å². The van der Waals surface area contributed by atoms with E-state index in [1.54, 1.807) is 0 Å². The van der Waals surface area contributed by atoms with Crippen LogP contribution in [0.4, 0.5) is 5.13 Å². The Morgan fingerprint density at radius 3 is 2.54 bits per heavy atom. The fourth-order valence-electron chi connectivity index (χ4n) is 7.62. The van der Waals surface area contributed by atoms with Crippen molar-refractivity contribution in [2.45, 2.75) is 61.7 Å². The number of aromatic hydroxyl groups is 1. The van der Waals surface area contributed by atoms with E-state index in [0.29, 0.717) is 35.2 Å². The van der Waals surface area contributed by atoms with Crippen molar-refractivity contribution in [1.29, 1.82) is 0 Å². The molecule has 4 aliphatic rings. The number of quaternary nitrogens is 1. The number of carbonyl (C=O) groups excluding carboxylic acids is 3. The fraction of sp³-hybridized carbons (Fsp3) is 0.484. The number of carboxylic acid groups (broad SMARTS) is 2. The summed E-state index contributed by atoms with van der Waals surface area (Å²) in [4.78, 5) is 88.7. The molecule has 52 heavy (non-hydrogen) atoms. The summed E-state index contributed by atoms with van der Waals surface area (Å²) in [5.74, 6) is -5.59. The molecule has 0 aromatic carbocycles. The molecule has 4 aliphatic heterocycles. The Morgan fingerprint density at radius 1 is 1.23 bits per heavy atom. The molecule has 0 radical (unpaired) electrons. The third-order valence-corrected chi connectivity index (χ3v) is 12.3. The number of nitrogens with two attached hydrogens (primary N) is 1. The van der Waals surface area contributed by atoms with Gasteiger partial charge in [-0.3, -0.25) is 24.1 Å². The number of aliphatic carboxylic acids is 2. The molecule has 2 aromatic heterocycles. The van der Waals surface area contributed by atoms with Crippen molar-refractivity contribution in [2.75, 3.05) is 31.6 Å². The lowest BCUT2D eigenvalue weighted by Gasteiger charge is -2.52. The number of ketones is 1. The maximum Gasteiger partial charge on any atom is 0.352 e. The molecule has 6 heterocycles. The summed E-state index contributed by atoms with van der Waals surface area (Å²) in [5, 5.41) is 47.4. The number of hydrogen-bond donors (Lipinski definition) is 7. The van der Waals surface area contributed by atoms with E-state index in [1.807, 2.05) is 0 Å². The van der Waals surface area contributed by atoms with Crippen molar-refractivity contribution in [2.24, 2.45) is 11.1 Å². The number of oxime groups is 1. The zero-order valence-corrected chi connectivity index (χ0v) is 29.3. The number of anilines is 1. The molecule has 0 spiro atoms. The van der Waals surface area contributed by atoms with E-state index in [2.05, 4.69) is 27.5 Å². The van der Waals surface area contributed by atoms with Gasteiger partial charge in [0.25, 0.3) is 5.91 Å². The number of Topliss-reactive ketones (excluding diaryl/α,β-unsaturated/α-hetero) is 1. The molecule has 0 saturated carbocycles. The number of carbonyl (C=O) groups is 5. The Labute approximate surface area is 303 Å². The third kappa shape index (κ3) is 7.00. The van der Waals surface area contributed by atoms with Crippen molar-refractivity contribution in [3.8, 4) is 5.75 Å². The van der Waals surface area contributed by atoms with E-state index >= 15 is 0 Å². The SMILES string of the molecule is C[N+]1(CC2=C(C(=O)O)N3C(=O)[C@@H](CC(=O)/C(=N\O[C@@H](CN[O-])C(=O)O)c4csc(N)n4)[C@H]3SC2)[C@@H]2CC[C@H]1CC(NC(=O)c1cc(=O)c(O)c[nH]1)C2. The molecule has 2 amide bonds. The topological polar surface area (TPSA) is 290 Å². The second-order valence-corrected chi connectivity index (χ2v) is 15.3. The van der Waals surface area contributed by atoms with Crippen LogP contribution in [0.5, 0.6) is 5.75 Å². The van der Waals surface area contributed by atoms with Crippen LogP contribution in [0.15, 0.2) is 38.9 Å². The minimum atomic E-state index is -1.71. The number of carboxylic acids is 2. The van der Waals surface area contributed by atoms with Gasteiger partial charge in [-0.25, -0.2) is 14.6 Å². The molecular weight excluding hydrogens is 725 g/mol. The van der Waals surface area contributed by atoms with Crippen molar-refractivity contribution in [3.05, 3.63) is 55.7 Å². The number of aromatic amines is 1. The maximum atomic E-state index is 13.6. The predicted octanol–water partition coefficient (Wildman–Crippen LogP) is -0.220. The van der Waals surface area contributed by atoms with E-state index in [9.17, 15) is 49.3 Å². The number of β-lactam (4-membered cyclic amide) rings is 1. The normalized spacial score (nSPS) is 27.4. The average molecular weight is 761 g/mol. The number of pyridine rings is 1. The number of H-pyrrole nitrogens is 1. The molecule has 21 heteroatoms. The summed E-state index contributed by atoms with van der Waals surface area (Å²) >= 11 is 2.34. The Hall–Kier alpha value is -4.83. The van der Waals surface area contributed by atoms with Gasteiger partial charge < -0.3 is 51.4 Å². The van der Waals surface area contributed by atoms with Crippen LogP contribution >= 0.6 is 23.1 Å². The van der Waals surface area contributed by atoms with Gasteiger partial charge in [0.2, 0.25) is 17.4 Å². The maximum absolute atomic E-state index is 13.6. The Bertz CT molecular complexity index is 1910. The number of aromatic nitrogens is 2. The van der Waals surface area contributed by atoms with Crippen LogP contribution in [-0.4, -0.2) is 125 Å². The molecule has 8 N–H and O–H groups in total. The number of rotatable bonds is 14. The molecule has 3 fully saturated rings. The molecule has 2 unspecified atom stereocenters. The van der Waals surface area contributed by atoms with Crippen molar-refractivity contribution in [1.82, 2.24) is 25.7 Å². The highest BCUT2D eigenvalue weighted by Crippen LogP contribution is 2.48. The smallest absolute Gasteiger partial charge is 0.352 e. The fourth-order valence-corrected chi connectivity index (χ4v) is 9.57. The number of nitrogens with one attached hydrogen (secondary N) is 3. The average Bonchev–Trinajstić information content (AvgIpc) is 3.56. The van der Waals surface area contributed by atoms with E-state index in [1.165, 1.54) is 27.5 Å².